The third kappa shape index (κ3) is 6.12. The van der Waals surface area contributed by atoms with Crippen LogP contribution >= 0.6 is 0 Å². The van der Waals surface area contributed by atoms with E-state index in [0.717, 1.165) is 29.7 Å². The van der Waals surface area contributed by atoms with Crippen molar-refractivity contribution in [2.75, 3.05) is 7.11 Å². The van der Waals surface area contributed by atoms with Crippen LogP contribution in [0.1, 0.15) is 30.0 Å². The molecule has 25 heavy (non-hydrogen) atoms. The Bertz CT molecular complexity index is 671. The molecule has 2 rings (SSSR count). The molecule has 0 saturated heterocycles. The Balaban J connectivity index is 1.73. The monoisotopic (exact) mass is 342 g/mol. The predicted molar refractivity (Wildman–Crippen MR) is 98.5 cm³/mol. The van der Waals surface area contributed by atoms with Crippen molar-refractivity contribution < 1.29 is 14.6 Å². The average Bonchev–Trinajstić information content (AvgIpc) is 2.65. The summed E-state index contributed by atoms with van der Waals surface area (Å²) < 4.78 is 5.15. The molecule has 0 aliphatic carbocycles. The maximum Gasteiger partial charge on any atom is 0.315 e. The maximum atomic E-state index is 12.0. The molecule has 0 bridgehead atoms. The Labute approximate surface area is 149 Å². The van der Waals surface area contributed by atoms with E-state index in [0.29, 0.717) is 6.54 Å². The summed E-state index contributed by atoms with van der Waals surface area (Å²) in [6, 6.07) is 15.4. The van der Waals surface area contributed by atoms with E-state index in [1.807, 2.05) is 55.5 Å². The van der Waals surface area contributed by atoms with Crippen LogP contribution in [0.4, 0.5) is 4.79 Å². The Hall–Kier alpha value is -2.53. The van der Waals surface area contributed by atoms with E-state index in [1.54, 1.807) is 7.11 Å². The second-order valence-corrected chi connectivity index (χ2v) is 6.04. The number of aliphatic hydroxyl groups excluding tert-OH is 1. The lowest BCUT2D eigenvalue weighted by molar-refractivity contribution is 0.236. The van der Waals surface area contributed by atoms with E-state index in [-0.39, 0.29) is 18.7 Å². The van der Waals surface area contributed by atoms with E-state index >= 15 is 0 Å². The Morgan fingerprint density at radius 1 is 1.12 bits per heavy atom. The van der Waals surface area contributed by atoms with E-state index < -0.39 is 0 Å². The first-order valence-corrected chi connectivity index (χ1v) is 8.47. The standard InChI is InChI=1S/C20H26N2O3/c1-15(7-8-16-9-11-19(25-2)12-10-16)22-20(24)21-13-17-5-3-4-6-18(17)14-23/h3-6,9-12,15,23H,7-8,13-14H2,1-2H3,(H2,21,22,24). The molecule has 1 unspecified atom stereocenters. The Morgan fingerprint density at radius 3 is 2.44 bits per heavy atom. The fourth-order valence-corrected chi connectivity index (χ4v) is 2.58. The number of aliphatic hydroxyl groups is 1. The number of hydrogen-bond donors (Lipinski definition) is 3. The number of benzene rings is 2. The SMILES string of the molecule is COc1ccc(CCC(C)NC(=O)NCc2ccccc2CO)cc1. The summed E-state index contributed by atoms with van der Waals surface area (Å²) >= 11 is 0. The van der Waals surface area contributed by atoms with Gasteiger partial charge in [-0.1, -0.05) is 36.4 Å². The van der Waals surface area contributed by atoms with Gasteiger partial charge in [0.25, 0.3) is 0 Å². The van der Waals surface area contributed by atoms with Crippen LogP contribution in [-0.4, -0.2) is 24.3 Å². The van der Waals surface area contributed by atoms with Gasteiger partial charge in [0, 0.05) is 12.6 Å². The average molecular weight is 342 g/mol. The Morgan fingerprint density at radius 2 is 1.80 bits per heavy atom. The minimum atomic E-state index is -0.199. The van der Waals surface area contributed by atoms with Crippen LogP contribution in [0.15, 0.2) is 48.5 Å². The van der Waals surface area contributed by atoms with Gasteiger partial charge in [0.1, 0.15) is 5.75 Å². The minimum Gasteiger partial charge on any atom is -0.497 e. The van der Waals surface area contributed by atoms with Crippen LogP contribution in [0.2, 0.25) is 0 Å². The highest BCUT2D eigenvalue weighted by molar-refractivity contribution is 5.74. The van der Waals surface area contributed by atoms with Crippen molar-refractivity contribution in [3.8, 4) is 5.75 Å². The summed E-state index contributed by atoms with van der Waals surface area (Å²) in [6.07, 6.45) is 1.74. The smallest absolute Gasteiger partial charge is 0.315 e. The molecule has 0 saturated carbocycles. The highest BCUT2D eigenvalue weighted by Gasteiger charge is 2.08. The number of urea groups is 1. The van der Waals surface area contributed by atoms with Gasteiger partial charge in [-0.05, 0) is 48.6 Å². The molecule has 3 N–H and O–H groups in total. The summed E-state index contributed by atoms with van der Waals surface area (Å²) in [7, 11) is 1.65. The highest BCUT2D eigenvalue weighted by Crippen LogP contribution is 2.13. The van der Waals surface area contributed by atoms with Crippen molar-refractivity contribution in [2.45, 2.75) is 39.0 Å². The zero-order valence-electron chi connectivity index (χ0n) is 14.8. The van der Waals surface area contributed by atoms with Gasteiger partial charge in [-0.15, -0.1) is 0 Å². The molecule has 0 aliphatic rings. The lowest BCUT2D eigenvalue weighted by Gasteiger charge is -2.15. The molecular weight excluding hydrogens is 316 g/mol. The Kier molecular flexibility index (Phi) is 7.29. The molecule has 2 aromatic rings. The lowest BCUT2D eigenvalue weighted by Crippen LogP contribution is -2.40. The molecule has 0 heterocycles. The molecule has 0 fully saturated rings. The van der Waals surface area contributed by atoms with E-state index in [4.69, 9.17) is 4.74 Å². The van der Waals surface area contributed by atoms with Crippen molar-refractivity contribution in [1.82, 2.24) is 10.6 Å². The maximum absolute atomic E-state index is 12.0. The summed E-state index contributed by atoms with van der Waals surface area (Å²) in [6.45, 7) is 2.36. The molecule has 2 aromatic carbocycles. The van der Waals surface area contributed by atoms with Crippen LogP contribution in [0.3, 0.4) is 0 Å². The number of methoxy groups -OCH3 is 1. The molecule has 134 valence electrons. The van der Waals surface area contributed by atoms with E-state index in [9.17, 15) is 9.90 Å². The topological polar surface area (TPSA) is 70.6 Å². The molecule has 0 radical (unpaired) electrons. The molecule has 0 spiro atoms. The summed E-state index contributed by atoms with van der Waals surface area (Å²) in [5.41, 5.74) is 2.97. The lowest BCUT2D eigenvalue weighted by atomic mass is 10.1. The van der Waals surface area contributed by atoms with Gasteiger partial charge in [-0.25, -0.2) is 4.79 Å². The third-order valence-electron chi connectivity index (χ3n) is 4.13. The van der Waals surface area contributed by atoms with Crippen molar-refractivity contribution >= 4 is 6.03 Å². The summed E-state index contributed by atoms with van der Waals surface area (Å²) in [5.74, 6) is 0.845. The predicted octanol–water partition coefficient (Wildman–Crippen LogP) is 3.01. The number of carbonyl (C=O) groups excluding carboxylic acids is 1. The number of nitrogens with one attached hydrogen (secondary N) is 2. The quantitative estimate of drug-likeness (QED) is 0.691. The van der Waals surface area contributed by atoms with Crippen LogP contribution in [0.5, 0.6) is 5.75 Å². The van der Waals surface area contributed by atoms with E-state index in [2.05, 4.69) is 10.6 Å². The zero-order chi connectivity index (χ0) is 18.1. The van der Waals surface area contributed by atoms with Gasteiger partial charge in [0.05, 0.1) is 13.7 Å². The minimum absolute atomic E-state index is 0.0300. The van der Waals surface area contributed by atoms with Crippen molar-refractivity contribution in [2.24, 2.45) is 0 Å². The van der Waals surface area contributed by atoms with E-state index in [1.165, 1.54) is 5.56 Å². The molecule has 5 nitrogen and oxygen atoms in total. The normalized spacial score (nSPS) is 11.6. The van der Waals surface area contributed by atoms with Gasteiger partial charge in [0.15, 0.2) is 0 Å². The van der Waals surface area contributed by atoms with Crippen LogP contribution in [-0.2, 0) is 19.6 Å². The first-order valence-electron chi connectivity index (χ1n) is 8.47. The molecular formula is C20H26N2O3. The summed E-state index contributed by atoms with van der Waals surface area (Å²) in [5, 5.41) is 15.1. The molecule has 2 amide bonds. The van der Waals surface area contributed by atoms with Gasteiger partial charge in [-0.2, -0.15) is 0 Å². The number of rotatable bonds is 8. The second-order valence-electron chi connectivity index (χ2n) is 6.04. The van der Waals surface area contributed by atoms with Gasteiger partial charge in [-0.3, -0.25) is 0 Å². The number of hydrogen-bond acceptors (Lipinski definition) is 3. The van der Waals surface area contributed by atoms with Crippen molar-refractivity contribution in [1.29, 1.82) is 0 Å². The van der Waals surface area contributed by atoms with Crippen LogP contribution < -0.4 is 15.4 Å². The molecule has 1 atom stereocenters. The highest BCUT2D eigenvalue weighted by atomic mass is 16.5. The summed E-state index contributed by atoms with van der Waals surface area (Å²) in [4.78, 5) is 12.0. The number of carbonyl (C=O) groups is 1. The third-order valence-corrected chi connectivity index (χ3v) is 4.13. The van der Waals surface area contributed by atoms with Gasteiger partial charge < -0.3 is 20.5 Å². The molecule has 0 aromatic heterocycles. The number of amides is 2. The van der Waals surface area contributed by atoms with Gasteiger partial charge in [0.2, 0.25) is 0 Å². The van der Waals surface area contributed by atoms with Crippen LogP contribution in [0, 0.1) is 0 Å². The van der Waals surface area contributed by atoms with Crippen molar-refractivity contribution in [3.63, 3.8) is 0 Å². The largest absolute Gasteiger partial charge is 0.497 e. The van der Waals surface area contributed by atoms with Crippen LogP contribution in [0.25, 0.3) is 0 Å². The second kappa shape index (κ2) is 9.69. The fraction of sp³-hybridized carbons (Fsp3) is 0.350. The zero-order valence-corrected chi connectivity index (χ0v) is 14.8. The first kappa shape index (κ1) is 18.8. The van der Waals surface area contributed by atoms with Crippen molar-refractivity contribution in [3.05, 3.63) is 65.2 Å². The fourth-order valence-electron chi connectivity index (χ4n) is 2.58. The molecule has 5 heteroatoms. The number of aryl methyl sites for hydroxylation is 1. The first-order chi connectivity index (χ1) is 12.1. The molecule has 0 aliphatic heterocycles. The number of ether oxygens (including phenoxy) is 1. The van der Waals surface area contributed by atoms with Gasteiger partial charge >= 0.3 is 6.03 Å².